The van der Waals surface area contributed by atoms with Crippen molar-refractivity contribution in [2.75, 3.05) is 4.93 Å². The maximum absolute atomic E-state index is 12.1. The summed E-state index contributed by atoms with van der Waals surface area (Å²) in [7, 11) is 0. The van der Waals surface area contributed by atoms with E-state index in [1.807, 2.05) is 25.7 Å². The van der Waals surface area contributed by atoms with E-state index in [0.29, 0.717) is 0 Å². The molecule has 1 rings (SSSR count). The number of carbonyl (C=O) groups excluding carboxylic acids is 1. The van der Waals surface area contributed by atoms with Crippen molar-refractivity contribution in [2.24, 2.45) is 5.41 Å². The first kappa shape index (κ1) is 17.2. The summed E-state index contributed by atoms with van der Waals surface area (Å²) in [5, 5.41) is 0. The third-order valence-corrected chi connectivity index (χ3v) is 4.46. The number of rotatable bonds is 5. The molecule has 0 aliphatic heterocycles. The number of nitrogens with zero attached hydrogens (tertiary/aromatic N) is 1. The van der Waals surface area contributed by atoms with Gasteiger partial charge in [-0.25, -0.2) is 0 Å². The molecule has 1 aliphatic carbocycles. The standard InChI is InChI=1S/C14H26INO3/c1-6-14(12(17)18-15-5)9-7-11(8-10-14)19-16-13(2,3)4/h11H,6-10H2,1-5H3/q-2. The van der Waals surface area contributed by atoms with Gasteiger partial charge in [-0.15, -0.1) is 0 Å². The molecule has 0 aromatic carbocycles. The molecular formula is C14H26INO3-2. The SMILES string of the molecule is CCC1(C(=O)O[I-]C)CCC(O[N-]C(C)(C)C)CC1. The molecule has 1 saturated carbocycles. The van der Waals surface area contributed by atoms with Crippen LogP contribution in [-0.4, -0.2) is 22.5 Å². The van der Waals surface area contributed by atoms with Crippen molar-refractivity contribution in [1.29, 1.82) is 0 Å². The first-order chi connectivity index (χ1) is 8.83. The van der Waals surface area contributed by atoms with E-state index in [9.17, 15) is 4.79 Å². The summed E-state index contributed by atoms with van der Waals surface area (Å²) in [5.41, 5.74) is 3.80. The van der Waals surface area contributed by atoms with Gasteiger partial charge < -0.3 is 0 Å². The van der Waals surface area contributed by atoms with Crippen molar-refractivity contribution in [3.63, 3.8) is 0 Å². The van der Waals surface area contributed by atoms with Gasteiger partial charge in [0.1, 0.15) is 0 Å². The molecule has 114 valence electrons. The van der Waals surface area contributed by atoms with Gasteiger partial charge in [-0.1, -0.05) is 0 Å². The fourth-order valence-corrected chi connectivity index (χ4v) is 3.20. The van der Waals surface area contributed by atoms with Gasteiger partial charge in [0.2, 0.25) is 0 Å². The maximum atomic E-state index is 12.1. The first-order valence-corrected chi connectivity index (χ1v) is 9.95. The van der Waals surface area contributed by atoms with Gasteiger partial charge in [0.25, 0.3) is 0 Å². The Labute approximate surface area is 127 Å². The molecule has 0 aromatic rings. The summed E-state index contributed by atoms with van der Waals surface area (Å²) in [4.78, 5) is 19.7. The number of hydrogen-bond acceptors (Lipinski definition) is 3. The fraction of sp³-hybridized carbons (Fsp3) is 0.929. The average Bonchev–Trinajstić information content (AvgIpc) is 2.36. The van der Waals surface area contributed by atoms with Crippen LogP contribution in [0.5, 0.6) is 0 Å². The van der Waals surface area contributed by atoms with Crippen molar-refractivity contribution in [3.05, 3.63) is 5.48 Å². The summed E-state index contributed by atoms with van der Waals surface area (Å²) in [6.07, 6.45) is 4.52. The predicted molar refractivity (Wildman–Crippen MR) is 71.2 cm³/mol. The summed E-state index contributed by atoms with van der Waals surface area (Å²) in [5.74, 6) is 0.0107. The van der Waals surface area contributed by atoms with Crippen molar-refractivity contribution in [2.45, 2.75) is 71.4 Å². The van der Waals surface area contributed by atoms with E-state index in [0.717, 1.165) is 32.1 Å². The van der Waals surface area contributed by atoms with Crippen molar-refractivity contribution in [1.82, 2.24) is 0 Å². The molecule has 0 bridgehead atoms. The van der Waals surface area contributed by atoms with E-state index in [1.54, 1.807) is 0 Å². The zero-order valence-corrected chi connectivity index (χ0v) is 14.8. The molecule has 0 N–H and O–H groups in total. The number of halogens is 1. The van der Waals surface area contributed by atoms with Gasteiger partial charge in [0, 0.05) is 0 Å². The third kappa shape index (κ3) is 5.19. The molecule has 0 atom stereocenters. The molecule has 0 unspecified atom stereocenters. The molecule has 0 radical (unpaired) electrons. The molecule has 5 heteroatoms. The van der Waals surface area contributed by atoms with Gasteiger partial charge in [0.05, 0.1) is 0 Å². The molecule has 19 heavy (non-hydrogen) atoms. The molecule has 0 saturated heterocycles. The van der Waals surface area contributed by atoms with Crippen LogP contribution in [0, 0.1) is 5.41 Å². The number of alkyl halides is 1. The van der Waals surface area contributed by atoms with Crippen LogP contribution in [-0.2, 0) is 12.7 Å². The van der Waals surface area contributed by atoms with Gasteiger partial charge in [-0.3, -0.25) is 0 Å². The van der Waals surface area contributed by atoms with Crippen molar-refractivity contribution in [3.8, 4) is 0 Å². The molecule has 0 amide bonds. The van der Waals surface area contributed by atoms with Crippen molar-refractivity contribution < 1.29 is 34.3 Å². The molecule has 0 heterocycles. The van der Waals surface area contributed by atoms with Crippen LogP contribution >= 0.6 is 0 Å². The van der Waals surface area contributed by atoms with Gasteiger partial charge in [0.15, 0.2) is 0 Å². The van der Waals surface area contributed by atoms with Crippen LogP contribution in [0.3, 0.4) is 0 Å². The second kappa shape index (κ2) is 7.22. The van der Waals surface area contributed by atoms with E-state index in [1.165, 1.54) is 0 Å². The summed E-state index contributed by atoms with van der Waals surface area (Å²) >= 11 is -0.432. The molecule has 0 spiro atoms. The quantitative estimate of drug-likeness (QED) is 0.397. The minimum absolute atomic E-state index is 0.0107. The van der Waals surface area contributed by atoms with Gasteiger partial charge >= 0.3 is 128 Å². The Kier molecular flexibility index (Phi) is 6.53. The summed E-state index contributed by atoms with van der Waals surface area (Å²) in [6, 6.07) is 0. The summed E-state index contributed by atoms with van der Waals surface area (Å²) < 4.78 is 5.33. The monoisotopic (exact) mass is 383 g/mol. The zero-order valence-electron chi connectivity index (χ0n) is 12.7. The van der Waals surface area contributed by atoms with Crippen LogP contribution in [0.1, 0.15) is 59.8 Å². The van der Waals surface area contributed by atoms with Crippen molar-refractivity contribution >= 4 is 5.97 Å². The Hall–Kier alpha value is 0.120. The van der Waals surface area contributed by atoms with Crippen LogP contribution in [0.25, 0.3) is 5.48 Å². The van der Waals surface area contributed by atoms with E-state index >= 15 is 0 Å². The second-order valence-electron chi connectivity index (χ2n) is 6.22. The van der Waals surface area contributed by atoms with Gasteiger partial charge in [-0.05, 0) is 0 Å². The van der Waals surface area contributed by atoms with E-state index in [2.05, 4.69) is 12.4 Å². The van der Waals surface area contributed by atoms with Crippen LogP contribution in [0.2, 0.25) is 0 Å². The minimum atomic E-state index is -0.432. The Bertz CT molecular complexity index is 294. The second-order valence-corrected chi connectivity index (χ2v) is 7.54. The Balaban J connectivity index is 2.48. The molecule has 1 aliphatic rings. The predicted octanol–water partition coefficient (Wildman–Crippen LogP) is 0.606. The Morgan fingerprint density at radius 1 is 1.37 bits per heavy atom. The van der Waals surface area contributed by atoms with E-state index in [-0.39, 0.29) is 23.0 Å². The Morgan fingerprint density at radius 2 is 1.95 bits per heavy atom. The van der Waals surface area contributed by atoms with Crippen LogP contribution in [0.15, 0.2) is 0 Å². The molecule has 4 nitrogen and oxygen atoms in total. The zero-order chi connectivity index (χ0) is 14.5. The Morgan fingerprint density at radius 3 is 2.37 bits per heavy atom. The van der Waals surface area contributed by atoms with E-state index < -0.39 is 21.6 Å². The average molecular weight is 383 g/mol. The molecule has 0 aromatic heterocycles. The number of hydroxylamine groups is 1. The fourth-order valence-electron chi connectivity index (χ4n) is 2.34. The van der Waals surface area contributed by atoms with E-state index in [4.69, 9.17) is 7.90 Å². The normalized spacial score (nSPS) is 28.4. The molecular weight excluding hydrogens is 357 g/mol. The number of carbonyl (C=O) groups is 1. The third-order valence-electron chi connectivity index (χ3n) is 3.62. The summed E-state index contributed by atoms with van der Waals surface area (Å²) in [6.45, 7) is 8.15. The van der Waals surface area contributed by atoms with Gasteiger partial charge in [-0.2, -0.15) is 0 Å². The molecule has 1 fully saturated rings. The topological polar surface area (TPSA) is 49.6 Å². The van der Waals surface area contributed by atoms with Crippen LogP contribution < -0.4 is 21.6 Å². The number of hydrogen-bond donors (Lipinski definition) is 0. The van der Waals surface area contributed by atoms with Crippen LogP contribution in [0.4, 0.5) is 0 Å². The first-order valence-electron chi connectivity index (χ1n) is 6.92.